The van der Waals surface area contributed by atoms with Gasteiger partial charge in [-0.2, -0.15) is 0 Å². The number of ether oxygens (including phenoxy) is 2. The minimum absolute atomic E-state index is 0.494. The summed E-state index contributed by atoms with van der Waals surface area (Å²) >= 11 is 6.10. The summed E-state index contributed by atoms with van der Waals surface area (Å²) in [4.78, 5) is 0. The van der Waals surface area contributed by atoms with E-state index in [1.54, 1.807) is 19.2 Å². The molecule has 0 saturated heterocycles. The standard InChI is InChI=1S/C16H15ClO3/c1-19-15-5-4-11(7-14(15)17)16(18)10-2-3-12-8-20-9-13(12)6-10/h2-7,16,18H,8-9H2,1H3. The van der Waals surface area contributed by atoms with Gasteiger partial charge in [0, 0.05) is 0 Å². The lowest BCUT2D eigenvalue weighted by Gasteiger charge is -2.14. The van der Waals surface area contributed by atoms with E-state index in [0.29, 0.717) is 24.0 Å². The average molecular weight is 291 g/mol. The third kappa shape index (κ3) is 2.40. The summed E-state index contributed by atoms with van der Waals surface area (Å²) < 4.78 is 10.5. The SMILES string of the molecule is COc1ccc(C(O)c2ccc3c(c2)COC3)cc1Cl. The third-order valence-electron chi connectivity index (χ3n) is 3.55. The Hall–Kier alpha value is -1.55. The Morgan fingerprint density at radius 1 is 1.10 bits per heavy atom. The van der Waals surface area contributed by atoms with Gasteiger partial charge in [0.05, 0.1) is 25.3 Å². The third-order valence-corrected chi connectivity index (χ3v) is 3.85. The van der Waals surface area contributed by atoms with E-state index in [1.165, 1.54) is 5.56 Å². The second-order valence-electron chi connectivity index (χ2n) is 4.82. The molecule has 1 aliphatic heterocycles. The normalized spacial score (nSPS) is 14.9. The molecule has 3 rings (SSSR count). The van der Waals surface area contributed by atoms with Gasteiger partial charge in [-0.3, -0.25) is 0 Å². The molecule has 2 aromatic carbocycles. The van der Waals surface area contributed by atoms with Gasteiger partial charge in [-0.25, -0.2) is 0 Å². The van der Waals surface area contributed by atoms with Gasteiger partial charge in [0.1, 0.15) is 11.9 Å². The second kappa shape index (κ2) is 5.44. The quantitative estimate of drug-likeness (QED) is 0.941. The van der Waals surface area contributed by atoms with Crippen molar-refractivity contribution in [3.63, 3.8) is 0 Å². The molecule has 0 amide bonds. The van der Waals surface area contributed by atoms with Crippen LogP contribution in [0.2, 0.25) is 5.02 Å². The van der Waals surface area contributed by atoms with Gasteiger partial charge in [-0.05, 0) is 34.4 Å². The summed E-state index contributed by atoms with van der Waals surface area (Å²) in [6.45, 7) is 1.26. The summed E-state index contributed by atoms with van der Waals surface area (Å²) in [7, 11) is 1.57. The zero-order valence-corrected chi connectivity index (χ0v) is 11.9. The molecule has 0 radical (unpaired) electrons. The number of aliphatic hydroxyl groups is 1. The fraction of sp³-hybridized carbons (Fsp3) is 0.250. The van der Waals surface area contributed by atoms with Crippen LogP contribution in [0, 0.1) is 0 Å². The molecular weight excluding hydrogens is 276 g/mol. The molecule has 1 atom stereocenters. The van der Waals surface area contributed by atoms with E-state index in [2.05, 4.69) is 0 Å². The summed E-state index contributed by atoms with van der Waals surface area (Å²) in [6, 6.07) is 11.2. The van der Waals surface area contributed by atoms with Crippen LogP contribution in [-0.2, 0) is 18.0 Å². The predicted molar refractivity (Wildman–Crippen MR) is 77.0 cm³/mol. The van der Waals surface area contributed by atoms with Crippen LogP contribution in [0.1, 0.15) is 28.4 Å². The Morgan fingerprint density at radius 2 is 1.80 bits per heavy atom. The molecule has 1 aliphatic rings. The van der Waals surface area contributed by atoms with Gasteiger partial charge in [0.25, 0.3) is 0 Å². The largest absolute Gasteiger partial charge is 0.495 e. The number of halogens is 1. The van der Waals surface area contributed by atoms with Crippen molar-refractivity contribution in [2.75, 3.05) is 7.11 Å². The van der Waals surface area contributed by atoms with Crippen LogP contribution in [0.4, 0.5) is 0 Å². The van der Waals surface area contributed by atoms with Crippen molar-refractivity contribution in [3.05, 3.63) is 63.7 Å². The van der Waals surface area contributed by atoms with Crippen LogP contribution in [0.3, 0.4) is 0 Å². The van der Waals surface area contributed by atoms with Crippen LogP contribution >= 0.6 is 11.6 Å². The molecule has 0 aromatic heterocycles. The first-order valence-corrected chi connectivity index (χ1v) is 6.78. The molecule has 0 aliphatic carbocycles. The van der Waals surface area contributed by atoms with E-state index in [9.17, 15) is 5.11 Å². The lowest BCUT2D eigenvalue weighted by atomic mass is 9.98. The highest BCUT2D eigenvalue weighted by molar-refractivity contribution is 6.32. The number of fused-ring (bicyclic) bond motifs is 1. The molecule has 0 fully saturated rings. The summed E-state index contributed by atoms with van der Waals surface area (Å²) in [5, 5.41) is 11.0. The fourth-order valence-electron chi connectivity index (χ4n) is 2.41. The van der Waals surface area contributed by atoms with E-state index < -0.39 is 6.10 Å². The van der Waals surface area contributed by atoms with Gasteiger partial charge in [0.15, 0.2) is 0 Å². The number of rotatable bonds is 3. The minimum atomic E-state index is -0.704. The van der Waals surface area contributed by atoms with Crippen molar-refractivity contribution in [1.29, 1.82) is 0 Å². The second-order valence-corrected chi connectivity index (χ2v) is 5.22. The van der Waals surface area contributed by atoms with Gasteiger partial charge >= 0.3 is 0 Å². The first-order valence-electron chi connectivity index (χ1n) is 6.40. The molecule has 0 saturated carbocycles. The van der Waals surface area contributed by atoms with Crippen molar-refractivity contribution in [1.82, 2.24) is 0 Å². The van der Waals surface area contributed by atoms with E-state index in [1.807, 2.05) is 24.3 Å². The first-order chi connectivity index (χ1) is 9.69. The van der Waals surface area contributed by atoms with Gasteiger partial charge < -0.3 is 14.6 Å². The molecular formula is C16H15ClO3. The molecule has 3 nitrogen and oxygen atoms in total. The number of aliphatic hydroxyl groups excluding tert-OH is 1. The zero-order chi connectivity index (χ0) is 14.1. The molecule has 1 unspecified atom stereocenters. The van der Waals surface area contributed by atoms with Crippen LogP contribution < -0.4 is 4.74 Å². The summed E-state index contributed by atoms with van der Waals surface area (Å²) in [6.07, 6.45) is -0.704. The number of methoxy groups -OCH3 is 1. The topological polar surface area (TPSA) is 38.7 Å². The van der Waals surface area contributed by atoms with Gasteiger partial charge in [0.2, 0.25) is 0 Å². The molecule has 0 spiro atoms. The summed E-state index contributed by atoms with van der Waals surface area (Å²) in [5.41, 5.74) is 3.92. The predicted octanol–water partition coefficient (Wildman–Crippen LogP) is 3.46. The van der Waals surface area contributed by atoms with Gasteiger partial charge in [-0.1, -0.05) is 35.9 Å². The lowest BCUT2D eigenvalue weighted by molar-refractivity contribution is 0.134. The van der Waals surface area contributed by atoms with Crippen LogP contribution in [-0.4, -0.2) is 12.2 Å². The zero-order valence-electron chi connectivity index (χ0n) is 11.1. The number of benzene rings is 2. The van der Waals surface area contributed by atoms with E-state index in [4.69, 9.17) is 21.1 Å². The molecule has 4 heteroatoms. The van der Waals surface area contributed by atoms with E-state index in [-0.39, 0.29) is 0 Å². The Morgan fingerprint density at radius 3 is 2.55 bits per heavy atom. The monoisotopic (exact) mass is 290 g/mol. The van der Waals surface area contributed by atoms with Crippen molar-refractivity contribution >= 4 is 11.6 Å². The minimum Gasteiger partial charge on any atom is -0.495 e. The Labute approximate surface area is 122 Å². The first kappa shape index (κ1) is 13.4. The molecule has 1 N–H and O–H groups in total. The van der Waals surface area contributed by atoms with Crippen molar-refractivity contribution < 1.29 is 14.6 Å². The summed E-state index contributed by atoms with van der Waals surface area (Å²) in [5.74, 6) is 0.602. The molecule has 0 bridgehead atoms. The molecule has 20 heavy (non-hydrogen) atoms. The van der Waals surface area contributed by atoms with Crippen molar-refractivity contribution in [3.8, 4) is 5.75 Å². The smallest absolute Gasteiger partial charge is 0.137 e. The maximum atomic E-state index is 10.5. The van der Waals surface area contributed by atoms with Crippen LogP contribution in [0.5, 0.6) is 5.75 Å². The van der Waals surface area contributed by atoms with E-state index in [0.717, 1.165) is 16.7 Å². The molecule has 104 valence electrons. The number of hydrogen-bond acceptors (Lipinski definition) is 3. The molecule has 1 heterocycles. The maximum absolute atomic E-state index is 10.5. The Kier molecular flexibility index (Phi) is 3.66. The van der Waals surface area contributed by atoms with Crippen molar-refractivity contribution in [2.45, 2.75) is 19.3 Å². The maximum Gasteiger partial charge on any atom is 0.137 e. The highest BCUT2D eigenvalue weighted by atomic mass is 35.5. The molecule has 2 aromatic rings. The van der Waals surface area contributed by atoms with E-state index >= 15 is 0 Å². The Bertz CT molecular complexity index is 640. The van der Waals surface area contributed by atoms with Crippen LogP contribution in [0.25, 0.3) is 0 Å². The lowest BCUT2D eigenvalue weighted by Crippen LogP contribution is -2.01. The Balaban J connectivity index is 1.92. The van der Waals surface area contributed by atoms with Crippen molar-refractivity contribution in [2.24, 2.45) is 0 Å². The highest BCUT2D eigenvalue weighted by Gasteiger charge is 2.17. The fourth-order valence-corrected chi connectivity index (χ4v) is 2.67. The highest BCUT2D eigenvalue weighted by Crippen LogP contribution is 2.31. The van der Waals surface area contributed by atoms with Crippen LogP contribution in [0.15, 0.2) is 36.4 Å². The average Bonchev–Trinajstić information content (AvgIpc) is 2.93. The van der Waals surface area contributed by atoms with Gasteiger partial charge in [-0.15, -0.1) is 0 Å². The number of hydrogen-bond donors (Lipinski definition) is 1.